The third-order valence-corrected chi connectivity index (χ3v) is 5.36. The van der Waals surface area contributed by atoms with Gasteiger partial charge in [-0.2, -0.15) is 0 Å². The molecule has 0 unspecified atom stereocenters. The summed E-state index contributed by atoms with van der Waals surface area (Å²) in [7, 11) is 0. The lowest BCUT2D eigenvalue weighted by Gasteiger charge is -2.15. The molecule has 2 N–H and O–H groups in total. The second-order valence-corrected chi connectivity index (χ2v) is 7.50. The second kappa shape index (κ2) is 7.02. The smallest absolute Gasteiger partial charge is 0.339 e. The van der Waals surface area contributed by atoms with E-state index in [1.54, 1.807) is 18.5 Å². The fraction of sp³-hybridized carbons (Fsp3) is 0. The first-order chi connectivity index (χ1) is 13.4. The second-order valence-electron chi connectivity index (χ2n) is 5.83. The van der Waals surface area contributed by atoms with Crippen LogP contribution >= 0.6 is 24.0 Å². The Bertz CT molecular complexity index is 1190. The molecule has 28 heavy (non-hydrogen) atoms. The van der Waals surface area contributed by atoms with Gasteiger partial charge in [-0.05, 0) is 35.9 Å². The summed E-state index contributed by atoms with van der Waals surface area (Å²) in [6.45, 7) is 0. The SMILES string of the molecule is O=C(O)c1ccc(N2C(=O)/C(=C/c3ccc4nccnc4c3)SC2=S)cc1O. The zero-order valence-corrected chi connectivity index (χ0v) is 15.7. The zero-order chi connectivity index (χ0) is 19.8. The molecule has 0 spiro atoms. The largest absolute Gasteiger partial charge is 0.507 e. The normalized spacial score (nSPS) is 15.6. The number of hydrogen-bond donors (Lipinski definition) is 2. The van der Waals surface area contributed by atoms with Crippen LogP contribution in [0.4, 0.5) is 5.69 Å². The summed E-state index contributed by atoms with van der Waals surface area (Å²) >= 11 is 6.43. The van der Waals surface area contributed by atoms with E-state index < -0.39 is 11.7 Å². The Morgan fingerprint density at radius 3 is 2.57 bits per heavy atom. The van der Waals surface area contributed by atoms with Crippen molar-refractivity contribution in [3.05, 3.63) is 64.8 Å². The Balaban J connectivity index is 1.67. The van der Waals surface area contributed by atoms with E-state index in [4.69, 9.17) is 17.3 Å². The van der Waals surface area contributed by atoms with Gasteiger partial charge in [-0.25, -0.2) is 4.79 Å². The van der Waals surface area contributed by atoms with Gasteiger partial charge >= 0.3 is 5.97 Å². The predicted octanol–water partition coefficient (Wildman–Crippen LogP) is 3.44. The van der Waals surface area contributed by atoms with E-state index in [1.165, 1.54) is 23.1 Å². The summed E-state index contributed by atoms with van der Waals surface area (Å²) in [6.07, 6.45) is 4.91. The van der Waals surface area contributed by atoms with Gasteiger partial charge in [-0.15, -0.1) is 0 Å². The van der Waals surface area contributed by atoms with E-state index >= 15 is 0 Å². The number of rotatable bonds is 3. The van der Waals surface area contributed by atoms with Gasteiger partial charge in [0.15, 0.2) is 4.32 Å². The molecule has 2 heterocycles. The van der Waals surface area contributed by atoms with Crippen LogP contribution in [0.25, 0.3) is 17.1 Å². The molecule has 0 saturated carbocycles. The van der Waals surface area contributed by atoms with E-state index in [9.17, 15) is 14.7 Å². The minimum atomic E-state index is -1.26. The Labute approximate surface area is 168 Å². The molecule has 1 amide bonds. The van der Waals surface area contributed by atoms with Crippen molar-refractivity contribution >= 4 is 63.0 Å². The van der Waals surface area contributed by atoms with Gasteiger partial charge in [0, 0.05) is 18.5 Å². The lowest BCUT2D eigenvalue weighted by molar-refractivity contribution is -0.113. The van der Waals surface area contributed by atoms with Gasteiger partial charge in [-0.3, -0.25) is 19.7 Å². The van der Waals surface area contributed by atoms with Crippen LogP contribution in [-0.4, -0.2) is 36.4 Å². The fourth-order valence-corrected chi connectivity index (χ4v) is 4.05. The number of thioether (sulfide) groups is 1. The third kappa shape index (κ3) is 3.21. The van der Waals surface area contributed by atoms with Gasteiger partial charge in [0.1, 0.15) is 11.3 Å². The van der Waals surface area contributed by atoms with E-state index in [-0.39, 0.29) is 11.5 Å². The first kappa shape index (κ1) is 18.1. The lowest BCUT2D eigenvalue weighted by Crippen LogP contribution is -2.27. The molecule has 1 saturated heterocycles. The van der Waals surface area contributed by atoms with Crippen LogP contribution in [0, 0.1) is 0 Å². The molecule has 0 aliphatic carbocycles. The summed E-state index contributed by atoms with van der Waals surface area (Å²) in [6, 6.07) is 9.35. The molecule has 1 aliphatic heterocycles. The van der Waals surface area contributed by atoms with Crippen LogP contribution in [0.3, 0.4) is 0 Å². The molecule has 1 aromatic heterocycles. The molecule has 2 aromatic carbocycles. The molecule has 1 aliphatic rings. The number of carboxylic acid groups (broad SMARTS) is 1. The number of phenols is 1. The number of nitrogens with zero attached hydrogens (tertiary/aromatic N) is 3. The van der Waals surface area contributed by atoms with Crippen LogP contribution in [0.5, 0.6) is 5.75 Å². The number of benzene rings is 2. The number of carboxylic acids is 1. The average Bonchev–Trinajstić information content (AvgIpc) is 2.94. The number of aromatic carboxylic acids is 1. The molecule has 0 radical (unpaired) electrons. The van der Waals surface area contributed by atoms with Gasteiger partial charge in [0.25, 0.3) is 5.91 Å². The molecule has 1 fully saturated rings. The average molecular weight is 409 g/mol. The number of amides is 1. The highest BCUT2D eigenvalue weighted by molar-refractivity contribution is 8.27. The Morgan fingerprint density at radius 2 is 1.86 bits per heavy atom. The summed E-state index contributed by atoms with van der Waals surface area (Å²) < 4.78 is 0.291. The van der Waals surface area contributed by atoms with E-state index in [2.05, 4.69) is 9.97 Å². The van der Waals surface area contributed by atoms with Crippen LogP contribution < -0.4 is 4.90 Å². The van der Waals surface area contributed by atoms with Crippen molar-refractivity contribution in [2.45, 2.75) is 0 Å². The number of anilines is 1. The standard InChI is InChI=1S/C19H11N3O4S2/c23-15-9-11(2-3-12(15)18(25)26)22-17(24)16(28-19(22)27)8-10-1-4-13-14(7-10)21-6-5-20-13/h1-9,23H,(H,25,26)/b16-8-. The van der Waals surface area contributed by atoms with Gasteiger partial charge < -0.3 is 10.2 Å². The van der Waals surface area contributed by atoms with Gasteiger partial charge in [-0.1, -0.05) is 30.0 Å². The fourth-order valence-electron chi connectivity index (χ4n) is 2.75. The number of fused-ring (bicyclic) bond motifs is 1. The van der Waals surface area contributed by atoms with Crippen molar-refractivity contribution in [2.24, 2.45) is 0 Å². The highest BCUT2D eigenvalue weighted by Gasteiger charge is 2.33. The van der Waals surface area contributed by atoms with Crippen molar-refractivity contribution < 1.29 is 19.8 Å². The Hall–Kier alpha value is -3.30. The topological polar surface area (TPSA) is 104 Å². The van der Waals surface area contributed by atoms with Crippen LogP contribution in [0.15, 0.2) is 53.7 Å². The van der Waals surface area contributed by atoms with Gasteiger partial charge in [0.05, 0.1) is 21.6 Å². The van der Waals surface area contributed by atoms with Crippen molar-refractivity contribution in [2.75, 3.05) is 4.90 Å². The molecule has 9 heteroatoms. The van der Waals surface area contributed by atoms with Crippen molar-refractivity contribution in [1.29, 1.82) is 0 Å². The number of thiocarbonyl (C=S) groups is 1. The molecular weight excluding hydrogens is 398 g/mol. The van der Waals surface area contributed by atoms with Crippen molar-refractivity contribution in [3.8, 4) is 5.75 Å². The summed E-state index contributed by atoms with van der Waals surface area (Å²) in [5.41, 5.74) is 2.29. The molecular formula is C19H11N3O4S2. The van der Waals surface area contributed by atoms with Crippen LogP contribution in [0.1, 0.15) is 15.9 Å². The maximum Gasteiger partial charge on any atom is 0.339 e. The first-order valence-corrected chi connectivity index (χ1v) is 9.21. The molecule has 7 nitrogen and oxygen atoms in total. The van der Waals surface area contributed by atoms with Crippen molar-refractivity contribution in [3.63, 3.8) is 0 Å². The molecule has 0 atom stereocenters. The third-order valence-electron chi connectivity index (χ3n) is 4.05. The first-order valence-electron chi connectivity index (χ1n) is 7.99. The number of carbonyl (C=O) groups excluding carboxylic acids is 1. The zero-order valence-electron chi connectivity index (χ0n) is 14.1. The molecule has 3 aromatic rings. The summed E-state index contributed by atoms with van der Waals surface area (Å²) in [5.74, 6) is -2.04. The highest BCUT2D eigenvalue weighted by atomic mass is 32.2. The predicted molar refractivity (Wildman–Crippen MR) is 110 cm³/mol. The maximum atomic E-state index is 12.8. The minimum Gasteiger partial charge on any atom is -0.507 e. The van der Waals surface area contributed by atoms with Gasteiger partial charge in [0.2, 0.25) is 0 Å². The highest BCUT2D eigenvalue weighted by Crippen LogP contribution is 2.37. The van der Waals surface area contributed by atoms with Crippen LogP contribution in [0.2, 0.25) is 0 Å². The minimum absolute atomic E-state index is 0.248. The van der Waals surface area contributed by atoms with E-state index in [0.717, 1.165) is 22.8 Å². The molecule has 4 rings (SSSR count). The monoisotopic (exact) mass is 409 g/mol. The van der Waals surface area contributed by atoms with E-state index in [0.29, 0.717) is 20.4 Å². The number of aromatic hydroxyl groups is 1. The number of hydrogen-bond acceptors (Lipinski definition) is 7. The number of aromatic nitrogens is 2. The Morgan fingerprint density at radius 1 is 1.11 bits per heavy atom. The summed E-state index contributed by atoms with van der Waals surface area (Å²) in [4.78, 5) is 34.0. The molecule has 0 bridgehead atoms. The lowest BCUT2D eigenvalue weighted by atomic mass is 10.1. The van der Waals surface area contributed by atoms with Crippen molar-refractivity contribution in [1.82, 2.24) is 9.97 Å². The van der Waals surface area contributed by atoms with E-state index in [1.807, 2.05) is 18.2 Å². The number of carbonyl (C=O) groups is 2. The quantitative estimate of drug-likeness (QED) is 0.501. The van der Waals surface area contributed by atoms with Crippen LogP contribution in [-0.2, 0) is 4.79 Å². The molecule has 138 valence electrons. The maximum absolute atomic E-state index is 12.8. The Kier molecular flexibility index (Phi) is 4.54. The summed E-state index contributed by atoms with van der Waals surface area (Å²) in [5, 5.41) is 18.9.